The summed E-state index contributed by atoms with van der Waals surface area (Å²) in [4.78, 5) is 19.8. The highest BCUT2D eigenvalue weighted by molar-refractivity contribution is 5.77. The van der Waals surface area contributed by atoms with Gasteiger partial charge in [0.15, 0.2) is 0 Å². The van der Waals surface area contributed by atoms with E-state index in [4.69, 9.17) is 0 Å². The number of para-hydroxylation sites is 2. The largest absolute Gasteiger partial charge is 0.353 e. The van der Waals surface area contributed by atoms with Gasteiger partial charge in [-0.05, 0) is 43.7 Å². The molecule has 1 fully saturated rings. The molecule has 112 valence electrons. The van der Waals surface area contributed by atoms with E-state index in [9.17, 15) is 4.79 Å². The van der Waals surface area contributed by atoms with Gasteiger partial charge in [-0.1, -0.05) is 19.1 Å². The Morgan fingerprint density at radius 2 is 2.05 bits per heavy atom. The first kappa shape index (κ1) is 14.1. The molecule has 4 nitrogen and oxygen atoms in total. The van der Waals surface area contributed by atoms with Crippen molar-refractivity contribution >= 4 is 16.9 Å². The zero-order valence-electron chi connectivity index (χ0n) is 12.6. The Labute approximate surface area is 125 Å². The number of nitrogens with one attached hydrogen (secondary N) is 2. The summed E-state index contributed by atoms with van der Waals surface area (Å²) in [5.74, 6) is 1.85. The molecule has 2 N–H and O–H groups in total. The van der Waals surface area contributed by atoms with Crippen LogP contribution in [0, 0.1) is 5.92 Å². The molecule has 0 aliphatic heterocycles. The molecular weight excluding hydrogens is 262 g/mol. The Balaban J connectivity index is 1.49. The molecule has 0 bridgehead atoms. The first-order chi connectivity index (χ1) is 10.2. The summed E-state index contributed by atoms with van der Waals surface area (Å²) >= 11 is 0. The van der Waals surface area contributed by atoms with E-state index in [1.165, 1.54) is 12.8 Å². The number of aromatic amines is 1. The third kappa shape index (κ3) is 3.63. The summed E-state index contributed by atoms with van der Waals surface area (Å²) in [5, 5.41) is 3.16. The number of hydrogen-bond donors (Lipinski definition) is 2. The van der Waals surface area contributed by atoms with Crippen molar-refractivity contribution in [2.75, 3.05) is 0 Å². The first-order valence-corrected chi connectivity index (χ1v) is 7.93. The fourth-order valence-corrected chi connectivity index (χ4v) is 3.06. The number of amides is 1. The van der Waals surface area contributed by atoms with Gasteiger partial charge in [0, 0.05) is 18.9 Å². The SMILES string of the molecule is CC1CCC(NC(=O)CCc2nc3ccccc3[nH]2)CC1. The summed E-state index contributed by atoms with van der Waals surface area (Å²) in [7, 11) is 0. The Kier molecular flexibility index (Phi) is 4.23. The monoisotopic (exact) mass is 285 g/mol. The molecule has 0 spiro atoms. The van der Waals surface area contributed by atoms with Gasteiger partial charge in [0.1, 0.15) is 5.82 Å². The van der Waals surface area contributed by atoms with Gasteiger partial charge in [0.2, 0.25) is 5.91 Å². The van der Waals surface area contributed by atoms with Crippen LogP contribution in [0.15, 0.2) is 24.3 Å². The molecule has 0 radical (unpaired) electrons. The minimum absolute atomic E-state index is 0.148. The predicted molar refractivity (Wildman–Crippen MR) is 84.0 cm³/mol. The van der Waals surface area contributed by atoms with E-state index in [0.29, 0.717) is 18.9 Å². The minimum Gasteiger partial charge on any atom is -0.353 e. The fraction of sp³-hybridized carbons (Fsp3) is 0.529. The zero-order valence-corrected chi connectivity index (χ0v) is 12.6. The number of benzene rings is 1. The summed E-state index contributed by atoms with van der Waals surface area (Å²) in [6, 6.07) is 8.34. The molecule has 0 atom stereocenters. The molecule has 1 amide bonds. The zero-order chi connectivity index (χ0) is 14.7. The molecule has 1 aromatic heterocycles. The second kappa shape index (κ2) is 6.29. The van der Waals surface area contributed by atoms with Crippen molar-refractivity contribution in [2.45, 2.75) is 51.5 Å². The number of carbonyl (C=O) groups excluding carboxylic acids is 1. The third-order valence-corrected chi connectivity index (χ3v) is 4.41. The number of imidazole rings is 1. The van der Waals surface area contributed by atoms with Gasteiger partial charge in [-0.15, -0.1) is 0 Å². The van der Waals surface area contributed by atoms with Crippen molar-refractivity contribution in [2.24, 2.45) is 5.92 Å². The maximum atomic E-state index is 12.0. The molecule has 1 saturated carbocycles. The van der Waals surface area contributed by atoms with Gasteiger partial charge >= 0.3 is 0 Å². The average molecular weight is 285 g/mol. The normalized spacial score (nSPS) is 22.3. The number of nitrogens with zero attached hydrogens (tertiary/aromatic N) is 1. The van der Waals surface area contributed by atoms with E-state index in [0.717, 1.165) is 35.6 Å². The fourth-order valence-electron chi connectivity index (χ4n) is 3.06. The highest BCUT2D eigenvalue weighted by atomic mass is 16.1. The highest BCUT2D eigenvalue weighted by Crippen LogP contribution is 2.23. The number of rotatable bonds is 4. The number of aromatic nitrogens is 2. The van der Waals surface area contributed by atoms with Crippen LogP contribution in [0.3, 0.4) is 0 Å². The molecule has 1 aromatic carbocycles. The summed E-state index contributed by atoms with van der Waals surface area (Å²) in [6.07, 6.45) is 5.88. The molecule has 1 heterocycles. The molecule has 0 saturated heterocycles. The molecular formula is C17H23N3O. The van der Waals surface area contributed by atoms with E-state index in [-0.39, 0.29) is 5.91 Å². The molecule has 3 rings (SSSR count). The summed E-state index contributed by atoms with van der Waals surface area (Å²) in [5.41, 5.74) is 2.00. The van der Waals surface area contributed by atoms with Crippen LogP contribution in [0.1, 0.15) is 44.9 Å². The highest BCUT2D eigenvalue weighted by Gasteiger charge is 2.19. The van der Waals surface area contributed by atoms with Gasteiger partial charge in [-0.25, -0.2) is 4.98 Å². The topological polar surface area (TPSA) is 57.8 Å². The second-order valence-electron chi connectivity index (χ2n) is 6.22. The van der Waals surface area contributed by atoms with Crippen molar-refractivity contribution in [1.29, 1.82) is 0 Å². The summed E-state index contributed by atoms with van der Waals surface area (Å²) in [6.45, 7) is 2.29. The number of fused-ring (bicyclic) bond motifs is 1. The van der Waals surface area contributed by atoms with E-state index in [1.807, 2.05) is 24.3 Å². The van der Waals surface area contributed by atoms with E-state index in [1.54, 1.807) is 0 Å². The minimum atomic E-state index is 0.148. The van der Waals surface area contributed by atoms with Crippen LogP contribution in [0.5, 0.6) is 0 Å². The summed E-state index contributed by atoms with van der Waals surface area (Å²) < 4.78 is 0. The standard InChI is InChI=1S/C17H23N3O/c1-12-6-8-13(9-7-12)18-17(21)11-10-16-19-14-4-2-3-5-15(14)20-16/h2-5,12-13H,6-11H2,1H3,(H,18,21)(H,19,20). The average Bonchev–Trinajstić information content (AvgIpc) is 2.90. The van der Waals surface area contributed by atoms with Crippen LogP contribution in [-0.4, -0.2) is 21.9 Å². The van der Waals surface area contributed by atoms with Crippen LogP contribution in [0.2, 0.25) is 0 Å². The van der Waals surface area contributed by atoms with Crippen molar-refractivity contribution < 1.29 is 4.79 Å². The van der Waals surface area contributed by atoms with Crippen LogP contribution < -0.4 is 5.32 Å². The van der Waals surface area contributed by atoms with Crippen LogP contribution >= 0.6 is 0 Å². The molecule has 1 aliphatic carbocycles. The first-order valence-electron chi connectivity index (χ1n) is 7.93. The van der Waals surface area contributed by atoms with Gasteiger partial charge in [-0.3, -0.25) is 4.79 Å². The molecule has 4 heteroatoms. The van der Waals surface area contributed by atoms with Gasteiger partial charge in [0.05, 0.1) is 11.0 Å². The maximum absolute atomic E-state index is 12.0. The van der Waals surface area contributed by atoms with Gasteiger partial charge < -0.3 is 10.3 Å². The number of hydrogen-bond acceptors (Lipinski definition) is 2. The van der Waals surface area contributed by atoms with Crippen molar-refractivity contribution in [3.63, 3.8) is 0 Å². The Bertz CT molecular complexity index is 578. The Hall–Kier alpha value is -1.84. The van der Waals surface area contributed by atoms with Gasteiger partial charge in [-0.2, -0.15) is 0 Å². The smallest absolute Gasteiger partial charge is 0.220 e. The van der Waals surface area contributed by atoms with Crippen LogP contribution in [-0.2, 0) is 11.2 Å². The quantitative estimate of drug-likeness (QED) is 0.906. The maximum Gasteiger partial charge on any atom is 0.220 e. The van der Waals surface area contributed by atoms with Crippen LogP contribution in [0.4, 0.5) is 0 Å². The number of aryl methyl sites for hydroxylation is 1. The molecule has 0 unspecified atom stereocenters. The lowest BCUT2D eigenvalue weighted by Crippen LogP contribution is -2.37. The van der Waals surface area contributed by atoms with E-state index >= 15 is 0 Å². The van der Waals surface area contributed by atoms with Crippen molar-refractivity contribution in [3.05, 3.63) is 30.1 Å². The van der Waals surface area contributed by atoms with Crippen molar-refractivity contribution in [3.8, 4) is 0 Å². The second-order valence-corrected chi connectivity index (χ2v) is 6.22. The predicted octanol–water partition coefficient (Wildman–Crippen LogP) is 3.19. The lowest BCUT2D eigenvalue weighted by atomic mass is 9.87. The molecule has 2 aromatic rings. The number of carbonyl (C=O) groups is 1. The Morgan fingerprint density at radius 3 is 2.81 bits per heavy atom. The van der Waals surface area contributed by atoms with Crippen LogP contribution in [0.25, 0.3) is 11.0 Å². The number of H-pyrrole nitrogens is 1. The Morgan fingerprint density at radius 1 is 1.29 bits per heavy atom. The molecule has 21 heavy (non-hydrogen) atoms. The van der Waals surface area contributed by atoms with E-state index < -0.39 is 0 Å². The lowest BCUT2D eigenvalue weighted by Gasteiger charge is -2.26. The van der Waals surface area contributed by atoms with E-state index in [2.05, 4.69) is 22.2 Å². The lowest BCUT2D eigenvalue weighted by molar-refractivity contribution is -0.122. The van der Waals surface area contributed by atoms with Gasteiger partial charge in [0.25, 0.3) is 0 Å². The molecule has 1 aliphatic rings. The van der Waals surface area contributed by atoms with Crippen molar-refractivity contribution in [1.82, 2.24) is 15.3 Å². The third-order valence-electron chi connectivity index (χ3n) is 4.41.